The molecule has 0 aliphatic carbocycles. The second kappa shape index (κ2) is 3.61. The summed E-state index contributed by atoms with van der Waals surface area (Å²) < 4.78 is 0. The number of carbonyl (C=O) groups excluding carboxylic acids is 1. The fourth-order valence-electron chi connectivity index (χ4n) is 0.215. The van der Waals surface area contributed by atoms with Gasteiger partial charge in [0.1, 0.15) is 0 Å². The van der Waals surface area contributed by atoms with E-state index < -0.39 is 0 Å². The molecule has 0 aliphatic rings. The van der Waals surface area contributed by atoms with Crippen molar-refractivity contribution in [2.75, 3.05) is 6.54 Å². The molecule has 0 bridgehead atoms. The highest BCUT2D eigenvalue weighted by Gasteiger charge is 1.87. The highest BCUT2D eigenvalue weighted by Crippen LogP contribution is 1.76. The lowest BCUT2D eigenvalue weighted by atomic mass is 10.5. The minimum absolute atomic E-state index is 0.309. The van der Waals surface area contributed by atoms with Gasteiger partial charge in [-0.05, 0) is 6.42 Å². The maximum Gasteiger partial charge on any atom is 0.233 e. The molecule has 1 N–H and O–H groups in total. The number of amides is 1. The number of rotatable bonds is 3. The Morgan fingerprint density at radius 2 is 2.43 bits per heavy atom. The SMILES string of the molecule is [CH2]CCN(O)C=O. The molecule has 0 aliphatic heterocycles. The topological polar surface area (TPSA) is 40.5 Å². The molecule has 0 atom stereocenters. The van der Waals surface area contributed by atoms with Gasteiger partial charge in [0.2, 0.25) is 6.41 Å². The van der Waals surface area contributed by atoms with Gasteiger partial charge in [0.15, 0.2) is 0 Å². The van der Waals surface area contributed by atoms with Crippen LogP contribution < -0.4 is 0 Å². The summed E-state index contributed by atoms with van der Waals surface area (Å²) in [5.74, 6) is 0. The Morgan fingerprint density at radius 1 is 1.86 bits per heavy atom. The van der Waals surface area contributed by atoms with E-state index in [1.807, 2.05) is 0 Å². The predicted octanol–water partition coefficient (Wildman–Crippen LogP) is 0.0582. The van der Waals surface area contributed by atoms with Gasteiger partial charge in [-0.3, -0.25) is 10.0 Å². The smallest absolute Gasteiger partial charge is 0.233 e. The van der Waals surface area contributed by atoms with E-state index in [1.54, 1.807) is 0 Å². The van der Waals surface area contributed by atoms with Crippen molar-refractivity contribution < 1.29 is 10.0 Å². The summed E-state index contributed by atoms with van der Waals surface area (Å²) in [6.45, 7) is 3.72. The molecule has 3 nitrogen and oxygen atoms in total. The van der Waals surface area contributed by atoms with Crippen molar-refractivity contribution in [2.24, 2.45) is 0 Å². The van der Waals surface area contributed by atoms with E-state index >= 15 is 0 Å². The lowest BCUT2D eigenvalue weighted by Crippen LogP contribution is -2.16. The molecule has 0 aromatic heterocycles. The van der Waals surface area contributed by atoms with E-state index in [0.717, 1.165) is 0 Å². The molecule has 41 valence electrons. The van der Waals surface area contributed by atoms with Gasteiger partial charge in [-0.1, -0.05) is 6.92 Å². The highest BCUT2D eigenvalue weighted by molar-refractivity contribution is 5.44. The summed E-state index contributed by atoms with van der Waals surface area (Å²) >= 11 is 0. The Morgan fingerprint density at radius 3 is 2.57 bits per heavy atom. The third-order valence-corrected chi connectivity index (χ3v) is 0.509. The lowest BCUT2D eigenvalue weighted by Gasteiger charge is -2.02. The number of carbonyl (C=O) groups is 1. The maximum absolute atomic E-state index is 9.54. The van der Waals surface area contributed by atoms with Crippen molar-refractivity contribution in [2.45, 2.75) is 6.42 Å². The van der Waals surface area contributed by atoms with E-state index in [4.69, 9.17) is 5.21 Å². The van der Waals surface area contributed by atoms with Crippen LogP contribution in [0.25, 0.3) is 0 Å². The van der Waals surface area contributed by atoms with Gasteiger partial charge in [0.05, 0.1) is 0 Å². The standard InChI is InChI=1S/C4H8NO2/c1-2-3-5(7)4-6/h4,7H,1-3H2. The molecule has 0 aromatic rings. The van der Waals surface area contributed by atoms with Crippen LogP contribution in [0.15, 0.2) is 0 Å². The molecule has 0 saturated heterocycles. The Labute approximate surface area is 42.5 Å². The summed E-state index contributed by atoms with van der Waals surface area (Å²) in [7, 11) is 0. The summed E-state index contributed by atoms with van der Waals surface area (Å²) in [6, 6.07) is 0. The van der Waals surface area contributed by atoms with E-state index in [2.05, 4.69) is 6.92 Å². The Balaban J connectivity index is 2.98. The quantitative estimate of drug-likeness (QED) is 0.311. The molecule has 1 amide bonds. The average molecular weight is 102 g/mol. The van der Waals surface area contributed by atoms with Gasteiger partial charge in [-0.15, -0.1) is 0 Å². The van der Waals surface area contributed by atoms with Crippen LogP contribution >= 0.6 is 0 Å². The van der Waals surface area contributed by atoms with Gasteiger partial charge in [-0.25, -0.2) is 5.06 Å². The second-order valence-electron chi connectivity index (χ2n) is 1.12. The molecule has 1 radical (unpaired) electrons. The maximum atomic E-state index is 9.54. The van der Waals surface area contributed by atoms with Gasteiger partial charge in [-0.2, -0.15) is 0 Å². The van der Waals surface area contributed by atoms with Crippen molar-refractivity contribution in [3.63, 3.8) is 0 Å². The molecule has 0 aromatic carbocycles. The molecule has 0 rings (SSSR count). The van der Waals surface area contributed by atoms with Crippen LogP contribution in [0.4, 0.5) is 0 Å². The van der Waals surface area contributed by atoms with Crippen LogP contribution in [-0.4, -0.2) is 23.2 Å². The minimum Gasteiger partial charge on any atom is -0.286 e. The first kappa shape index (κ1) is 6.43. The molecule has 7 heavy (non-hydrogen) atoms. The average Bonchev–Trinajstić information content (AvgIpc) is 1.68. The monoisotopic (exact) mass is 102 g/mol. The van der Waals surface area contributed by atoms with Gasteiger partial charge >= 0.3 is 0 Å². The highest BCUT2D eigenvalue weighted by atomic mass is 16.5. The predicted molar refractivity (Wildman–Crippen MR) is 24.5 cm³/mol. The fourth-order valence-corrected chi connectivity index (χ4v) is 0.215. The lowest BCUT2D eigenvalue weighted by molar-refractivity contribution is -0.149. The van der Waals surface area contributed by atoms with Gasteiger partial charge < -0.3 is 0 Å². The largest absolute Gasteiger partial charge is 0.286 e. The van der Waals surface area contributed by atoms with E-state index in [9.17, 15) is 4.79 Å². The van der Waals surface area contributed by atoms with Crippen molar-refractivity contribution in [3.05, 3.63) is 6.92 Å². The third-order valence-electron chi connectivity index (χ3n) is 0.509. The zero-order chi connectivity index (χ0) is 5.70. The molecule has 0 saturated carbocycles. The Hall–Kier alpha value is -0.570. The minimum atomic E-state index is 0.309. The fraction of sp³-hybridized carbons (Fsp3) is 0.500. The number of hydrogen-bond donors (Lipinski definition) is 1. The molecular weight excluding hydrogens is 94.0 g/mol. The van der Waals surface area contributed by atoms with Crippen LogP contribution in [0, 0.1) is 6.92 Å². The van der Waals surface area contributed by atoms with E-state index in [0.29, 0.717) is 24.4 Å². The zero-order valence-electron chi connectivity index (χ0n) is 4.00. The van der Waals surface area contributed by atoms with Crippen LogP contribution in [0.1, 0.15) is 6.42 Å². The number of nitrogens with zero attached hydrogens (tertiary/aromatic N) is 1. The summed E-state index contributed by atoms with van der Waals surface area (Å²) in [5.41, 5.74) is 0. The van der Waals surface area contributed by atoms with Crippen LogP contribution in [-0.2, 0) is 4.79 Å². The number of hydrogen-bond acceptors (Lipinski definition) is 2. The van der Waals surface area contributed by atoms with Gasteiger partial charge in [0, 0.05) is 6.54 Å². The van der Waals surface area contributed by atoms with Crippen LogP contribution in [0.2, 0.25) is 0 Å². The van der Waals surface area contributed by atoms with Crippen molar-refractivity contribution in [1.82, 2.24) is 5.06 Å². The van der Waals surface area contributed by atoms with E-state index in [-0.39, 0.29) is 0 Å². The number of hydroxylamine groups is 2. The van der Waals surface area contributed by atoms with Gasteiger partial charge in [0.25, 0.3) is 0 Å². The molecule has 0 fully saturated rings. The van der Waals surface area contributed by atoms with Crippen molar-refractivity contribution in [1.29, 1.82) is 0 Å². The first-order valence-electron chi connectivity index (χ1n) is 2.01. The van der Waals surface area contributed by atoms with Crippen molar-refractivity contribution >= 4 is 6.41 Å². The molecule has 3 heteroatoms. The molecule has 0 unspecified atom stereocenters. The normalized spacial score (nSPS) is 8.29. The van der Waals surface area contributed by atoms with Crippen LogP contribution in [0.3, 0.4) is 0 Å². The third kappa shape index (κ3) is 3.26. The molecule has 0 heterocycles. The van der Waals surface area contributed by atoms with Crippen LogP contribution in [0.5, 0.6) is 0 Å². The second-order valence-corrected chi connectivity index (χ2v) is 1.12. The van der Waals surface area contributed by atoms with E-state index in [1.165, 1.54) is 0 Å². The zero-order valence-corrected chi connectivity index (χ0v) is 4.00. The summed E-state index contributed by atoms with van der Waals surface area (Å²) in [4.78, 5) is 9.54. The molecule has 0 spiro atoms. The Bertz CT molecular complexity index is 55.7. The first-order chi connectivity index (χ1) is 3.31. The molecular formula is C4H8NO2. The van der Waals surface area contributed by atoms with Crippen molar-refractivity contribution in [3.8, 4) is 0 Å². The first-order valence-corrected chi connectivity index (χ1v) is 2.01. The summed E-state index contributed by atoms with van der Waals surface area (Å²) in [6.07, 6.45) is 0.889. The summed E-state index contributed by atoms with van der Waals surface area (Å²) in [5, 5.41) is 8.85. The Kier molecular flexibility index (Phi) is 3.32.